The van der Waals surface area contributed by atoms with Crippen LogP contribution in [0.2, 0.25) is 0 Å². The highest BCUT2D eigenvalue weighted by atomic mass is 16.2. The Labute approximate surface area is 106 Å². The number of rotatable bonds is 2. The Kier molecular flexibility index (Phi) is 4.84. The Hall–Kier alpha value is -0.730. The topological polar surface area (TPSA) is 32.3 Å². The predicted molar refractivity (Wildman–Crippen MR) is 72.1 cm³/mol. The van der Waals surface area contributed by atoms with Gasteiger partial charge in [0.05, 0.1) is 0 Å². The van der Waals surface area contributed by atoms with Gasteiger partial charge in [-0.15, -0.1) is 0 Å². The van der Waals surface area contributed by atoms with Gasteiger partial charge in [-0.05, 0) is 25.2 Å². The fourth-order valence-electron chi connectivity index (χ4n) is 2.28. The Balaban J connectivity index is 2.46. The smallest absolute Gasteiger partial charge is 0.317 e. The minimum atomic E-state index is 0.0827. The number of hydrogen-bond acceptors (Lipinski definition) is 1. The number of nitrogens with zero attached hydrogens (tertiary/aromatic N) is 1. The lowest BCUT2D eigenvalue weighted by Gasteiger charge is -2.36. The van der Waals surface area contributed by atoms with E-state index in [2.05, 4.69) is 33.0 Å². The Morgan fingerprint density at radius 1 is 1.24 bits per heavy atom. The van der Waals surface area contributed by atoms with Crippen LogP contribution >= 0.6 is 0 Å². The normalized spacial score (nSPS) is 19.8. The summed E-state index contributed by atoms with van der Waals surface area (Å²) in [7, 11) is 1.90. The lowest BCUT2D eigenvalue weighted by atomic mass is 9.87. The molecule has 0 saturated heterocycles. The van der Waals surface area contributed by atoms with Crippen molar-refractivity contribution in [3.05, 3.63) is 0 Å². The lowest BCUT2D eigenvalue weighted by molar-refractivity contribution is 0.141. The maximum Gasteiger partial charge on any atom is 0.317 e. The van der Waals surface area contributed by atoms with E-state index in [1.54, 1.807) is 0 Å². The Morgan fingerprint density at radius 2 is 1.76 bits per heavy atom. The molecule has 1 rings (SSSR count). The van der Waals surface area contributed by atoms with Gasteiger partial charge >= 0.3 is 6.03 Å². The minimum absolute atomic E-state index is 0.0827. The number of urea groups is 1. The molecule has 0 aromatic rings. The van der Waals surface area contributed by atoms with Gasteiger partial charge in [-0.1, -0.05) is 40.0 Å². The second kappa shape index (κ2) is 5.74. The van der Waals surface area contributed by atoms with Crippen molar-refractivity contribution in [1.82, 2.24) is 10.2 Å². The highest BCUT2D eigenvalue weighted by Crippen LogP contribution is 2.23. The summed E-state index contributed by atoms with van der Waals surface area (Å²) < 4.78 is 0. The fourth-order valence-corrected chi connectivity index (χ4v) is 2.28. The average molecular weight is 240 g/mol. The van der Waals surface area contributed by atoms with Crippen LogP contribution in [0.5, 0.6) is 0 Å². The summed E-state index contributed by atoms with van der Waals surface area (Å²) in [6.07, 6.45) is 6.11. The number of hydrogen-bond donors (Lipinski definition) is 1. The van der Waals surface area contributed by atoms with Gasteiger partial charge < -0.3 is 10.2 Å². The van der Waals surface area contributed by atoms with Crippen LogP contribution in [0.4, 0.5) is 4.79 Å². The molecule has 0 bridgehead atoms. The summed E-state index contributed by atoms with van der Waals surface area (Å²) in [5.74, 6) is 0. The van der Waals surface area contributed by atoms with Gasteiger partial charge in [-0.25, -0.2) is 4.79 Å². The van der Waals surface area contributed by atoms with E-state index in [0.29, 0.717) is 6.04 Å². The first-order valence-electron chi connectivity index (χ1n) is 6.85. The van der Waals surface area contributed by atoms with Gasteiger partial charge in [0.2, 0.25) is 0 Å². The number of nitrogens with one attached hydrogen (secondary N) is 1. The van der Waals surface area contributed by atoms with Crippen LogP contribution in [0.15, 0.2) is 0 Å². The summed E-state index contributed by atoms with van der Waals surface area (Å²) in [4.78, 5) is 14.0. The molecule has 1 saturated carbocycles. The van der Waals surface area contributed by atoms with Crippen LogP contribution in [-0.2, 0) is 0 Å². The molecule has 3 nitrogen and oxygen atoms in total. The van der Waals surface area contributed by atoms with Gasteiger partial charge in [0, 0.05) is 19.1 Å². The third-order valence-corrected chi connectivity index (χ3v) is 4.09. The van der Waals surface area contributed by atoms with Crippen molar-refractivity contribution < 1.29 is 4.79 Å². The summed E-state index contributed by atoms with van der Waals surface area (Å²) in [6, 6.07) is 0.719. The van der Waals surface area contributed by atoms with Gasteiger partial charge in [0.25, 0.3) is 0 Å². The maximum absolute atomic E-state index is 12.1. The van der Waals surface area contributed by atoms with E-state index in [1.807, 2.05) is 11.9 Å². The maximum atomic E-state index is 12.1. The molecule has 0 aromatic carbocycles. The van der Waals surface area contributed by atoms with E-state index in [-0.39, 0.29) is 17.5 Å². The lowest BCUT2D eigenvalue weighted by Crippen LogP contribution is -2.50. The molecule has 0 aliphatic heterocycles. The third-order valence-electron chi connectivity index (χ3n) is 4.09. The second-order valence-electron chi connectivity index (χ2n) is 6.44. The molecule has 1 aliphatic rings. The molecule has 100 valence electrons. The molecule has 1 aliphatic carbocycles. The van der Waals surface area contributed by atoms with Gasteiger partial charge in [-0.3, -0.25) is 0 Å². The quantitative estimate of drug-likeness (QED) is 0.788. The van der Waals surface area contributed by atoms with E-state index in [4.69, 9.17) is 0 Å². The highest BCUT2D eigenvalue weighted by Gasteiger charge is 2.28. The first-order valence-corrected chi connectivity index (χ1v) is 6.85. The van der Waals surface area contributed by atoms with Crippen molar-refractivity contribution in [1.29, 1.82) is 0 Å². The predicted octanol–water partition coefficient (Wildman–Crippen LogP) is 3.40. The molecule has 0 spiro atoms. The number of carbonyl (C=O) groups excluding carboxylic acids is 1. The molecular weight excluding hydrogens is 212 g/mol. The molecule has 1 N–H and O–H groups in total. The van der Waals surface area contributed by atoms with Gasteiger partial charge in [-0.2, -0.15) is 0 Å². The van der Waals surface area contributed by atoms with Crippen molar-refractivity contribution >= 4 is 6.03 Å². The van der Waals surface area contributed by atoms with Crippen molar-refractivity contribution in [2.75, 3.05) is 7.05 Å². The molecule has 0 radical (unpaired) electrons. The van der Waals surface area contributed by atoms with Crippen LogP contribution < -0.4 is 5.32 Å². The van der Waals surface area contributed by atoms with Gasteiger partial charge in [0.15, 0.2) is 0 Å². The second-order valence-corrected chi connectivity index (χ2v) is 6.44. The molecule has 0 aromatic heterocycles. The van der Waals surface area contributed by atoms with Crippen LogP contribution in [0.1, 0.15) is 59.8 Å². The van der Waals surface area contributed by atoms with Crippen LogP contribution in [-0.4, -0.2) is 30.1 Å². The monoisotopic (exact) mass is 240 g/mol. The van der Waals surface area contributed by atoms with Crippen molar-refractivity contribution in [3.8, 4) is 0 Å². The molecule has 17 heavy (non-hydrogen) atoms. The SMILES string of the molecule is CC(N(C)C(=O)NC1CCCCC1)C(C)(C)C. The van der Waals surface area contributed by atoms with Crippen LogP contribution in [0.25, 0.3) is 0 Å². The van der Waals surface area contributed by atoms with Crippen molar-refractivity contribution in [2.45, 2.75) is 71.9 Å². The molecule has 3 heteroatoms. The summed E-state index contributed by atoms with van der Waals surface area (Å²) in [5, 5.41) is 3.16. The molecule has 1 unspecified atom stereocenters. The summed E-state index contributed by atoms with van der Waals surface area (Å²) in [6.45, 7) is 8.62. The highest BCUT2D eigenvalue weighted by molar-refractivity contribution is 5.74. The Bertz CT molecular complexity index is 251. The average Bonchev–Trinajstić information content (AvgIpc) is 2.27. The molecular formula is C14H28N2O. The van der Waals surface area contributed by atoms with Crippen LogP contribution in [0.3, 0.4) is 0 Å². The fraction of sp³-hybridized carbons (Fsp3) is 0.929. The molecule has 1 fully saturated rings. The first-order chi connectivity index (χ1) is 7.82. The zero-order valence-electron chi connectivity index (χ0n) is 12.0. The minimum Gasteiger partial charge on any atom is -0.335 e. The summed E-state index contributed by atoms with van der Waals surface area (Å²) >= 11 is 0. The zero-order valence-corrected chi connectivity index (χ0v) is 12.0. The van der Waals surface area contributed by atoms with E-state index in [9.17, 15) is 4.79 Å². The van der Waals surface area contributed by atoms with E-state index >= 15 is 0 Å². The van der Waals surface area contributed by atoms with Gasteiger partial charge in [0.1, 0.15) is 0 Å². The standard InChI is InChI=1S/C14H28N2O/c1-11(14(2,3)4)16(5)13(17)15-12-9-7-6-8-10-12/h11-12H,6-10H2,1-5H3,(H,15,17). The first kappa shape index (κ1) is 14.3. The number of amides is 2. The van der Waals surface area contributed by atoms with E-state index in [0.717, 1.165) is 12.8 Å². The molecule has 1 atom stereocenters. The largest absolute Gasteiger partial charge is 0.335 e. The van der Waals surface area contributed by atoms with Crippen LogP contribution in [0, 0.1) is 5.41 Å². The zero-order chi connectivity index (χ0) is 13.1. The third kappa shape index (κ3) is 4.21. The van der Waals surface area contributed by atoms with E-state index in [1.165, 1.54) is 19.3 Å². The molecule has 2 amide bonds. The van der Waals surface area contributed by atoms with Crippen molar-refractivity contribution in [3.63, 3.8) is 0 Å². The molecule has 0 heterocycles. The Morgan fingerprint density at radius 3 is 2.24 bits per heavy atom. The summed E-state index contributed by atoms with van der Waals surface area (Å²) in [5.41, 5.74) is 0.124. The van der Waals surface area contributed by atoms with Crippen molar-refractivity contribution in [2.24, 2.45) is 5.41 Å². The number of carbonyl (C=O) groups is 1. The van der Waals surface area contributed by atoms with E-state index < -0.39 is 0 Å².